The van der Waals surface area contributed by atoms with Crippen LogP contribution in [0.4, 0.5) is 13.6 Å². The molecule has 3 aliphatic rings. The number of rotatable bonds is 3. The molecule has 1 aromatic rings. The van der Waals surface area contributed by atoms with Crippen molar-refractivity contribution in [3.8, 4) is 0 Å². The van der Waals surface area contributed by atoms with Gasteiger partial charge in [0.15, 0.2) is 17.2 Å². The standard InChI is InChI=1S/C24H31F2N3O4.2C2H6/c1-23(2,3)33-22(32)27-14-24(15-27)21(31)28(17-7-5-4-6-8-17)13-20(30)29(24)12-16-9-10-18(25)19(26)11-16;2*1-2/h9-11,17H,4-8,12-15H2,1-3H3;2*1-2H3. The summed E-state index contributed by atoms with van der Waals surface area (Å²) in [6.45, 7) is 13.2. The van der Waals surface area contributed by atoms with Gasteiger partial charge in [-0.05, 0) is 51.3 Å². The number of hydrogen-bond acceptors (Lipinski definition) is 4. The van der Waals surface area contributed by atoms with Gasteiger partial charge < -0.3 is 19.4 Å². The zero-order valence-electron chi connectivity index (χ0n) is 23.4. The number of carbonyl (C=O) groups is 3. The van der Waals surface area contributed by atoms with Gasteiger partial charge in [-0.1, -0.05) is 53.0 Å². The van der Waals surface area contributed by atoms with Crippen LogP contribution < -0.4 is 0 Å². The molecule has 1 aromatic carbocycles. The molecule has 9 heteroatoms. The molecule has 7 nitrogen and oxygen atoms in total. The fraction of sp³-hybridized carbons (Fsp3) is 0.679. The van der Waals surface area contributed by atoms with Crippen molar-refractivity contribution in [1.29, 1.82) is 0 Å². The van der Waals surface area contributed by atoms with Crippen LogP contribution in [0.2, 0.25) is 0 Å². The molecule has 3 amide bonds. The van der Waals surface area contributed by atoms with Gasteiger partial charge in [0.1, 0.15) is 12.1 Å². The van der Waals surface area contributed by atoms with Crippen LogP contribution in [0.1, 0.15) is 86.1 Å². The molecule has 2 aliphatic heterocycles. The number of amides is 3. The zero-order valence-corrected chi connectivity index (χ0v) is 23.4. The first-order valence-electron chi connectivity index (χ1n) is 13.5. The average Bonchev–Trinajstić information content (AvgIpc) is 2.84. The van der Waals surface area contributed by atoms with E-state index in [1.807, 2.05) is 27.7 Å². The molecule has 2 heterocycles. The van der Waals surface area contributed by atoms with Crippen molar-refractivity contribution < 1.29 is 27.9 Å². The fourth-order valence-corrected chi connectivity index (χ4v) is 5.02. The van der Waals surface area contributed by atoms with Crippen LogP contribution in [0.15, 0.2) is 18.2 Å². The molecule has 3 fully saturated rings. The molecule has 0 radical (unpaired) electrons. The van der Waals surface area contributed by atoms with Crippen molar-refractivity contribution in [2.45, 2.75) is 104 Å². The van der Waals surface area contributed by atoms with E-state index in [1.165, 1.54) is 15.9 Å². The van der Waals surface area contributed by atoms with Crippen molar-refractivity contribution in [3.05, 3.63) is 35.4 Å². The highest BCUT2D eigenvalue weighted by Crippen LogP contribution is 2.38. The highest BCUT2D eigenvalue weighted by Gasteiger charge is 2.61. The Hall–Kier alpha value is -2.71. The highest BCUT2D eigenvalue weighted by molar-refractivity contribution is 6.00. The Bertz CT molecular complexity index is 951. The van der Waals surface area contributed by atoms with Gasteiger partial charge in [0.2, 0.25) is 5.91 Å². The third kappa shape index (κ3) is 6.79. The van der Waals surface area contributed by atoms with Gasteiger partial charge in [-0.15, -0.1) is 0 Å². The van der Waals surface area contributed by atoms with E-state index >= 15 is 0 Å². The molecule has 0 aromatic heterocycles. The fourth-order valence-electron chi connectivity index (χ4n) is 5.02. The minimum Gasteiger partial charge on any atom is -0.444 e. The predicted molar refractivity (Wildman–Crippen MR) is 139 cm³/mol. The molecule has 0 unspecified atom stereocenters. The molecule has 2 saturated heterocycles. The van der Waals surface area contributed by atoms with Gasteiger partial charge in [0.05, 0.1) is 13.1 Å². The number of likely N-dealkylation sites (tertiary alicyclic amines) is 1. The van der Waals surface area contributed by atoms with Gasteiger partial charge in [-0.3, -0.25) is 9.59 Å². The lowest BCUT2D eigenvalue weighted by Crippen LogP contribution is -2.81. The Balaban J connectivity index is 0.00000115. The maximum absolute atomic E-state index is 13.8. The van der Waals surface area contributed by atoms with Crippen LogP contribution in [0.3, 0.4) is 0 Å². The topological polar surface area (TPSA) is 70.2 Å². The molecule has 0 atom stereocenters. The first-order valence-corrected chi connectivity index (χ1v) is 13.5. The Morgan fingerprint density at radius 3 is 2.14 bits per heavy atom. The predicted octanol–water partition coefficient (Wildman–Crippen LogP) is 5.51. The van der Waals surface area contributed by atoms with E-state index in [0.29, 0.717) is 5.56 Å². The van der Waals surface area contributed by atoms with E-state index < -0.39 is 28.9 Å². The molecule has 37 heavy (non-hydrogen) atoms. The lowest BCUT2D eigenvalue weighted by Gasteiger charge is -2.58. The summed E-state index contributed by atoms with van der Waals surface area (Å²) in [5.41, 5.74) is -1.53. The van der Waals surface area contributed by atoms with Crippen molar-refractivity contribution in [3.63, 3.8) is 0 Å². The van der Waals surface area contributed by atoms with Crippen LogP contribution in [0.5, 0.6) is 0 Å². The molecule has 0 N–H and O–H groups in total. The molecular weight excluding hydrogens is 480 g/mol. The summed E-state index contributed by atoms with van der Waals surface area (Å²) in [5, 5.41) is 0. The molecule has 4 rings (SSSR count). The smallest absolute Gasteiger partial charge is 0.410 e. The van der Waals surface area contributed by atoms with Crippen LogP contribution in [0.25, 0.3) is 0 Å². The summed E-state index contributed by atoms with van der Waals surface area (Å²) in [7, 11) is 0. The zero-order chi connectivity index (χ0) is 28.0. The SMILES string of the molecule is CC.CC.CC(C)(C)OC(=O)N1CC2(C1)C(=O)N(C1CCCCC1)CC(=O)N2Cc1ccc(F)c(F)c1. The van der Waals surface area contributed by atoms with Crippen molar-refractivity contribution >= 4 is 17.9 Å². The molecule has 0 bridgehead atoms. The minimum atomic E-state index is -1.23. The largest absolute Gasteiger partial charge is 0.444 e. The number of piperazine rings is 1. The molecular formula is C28H43F2N3O4. The molecule has 1 aliphatic carbocycles. The number of carbonyl (C=O) groups excluding carboxylic acids is 3. The summed E-state index contributed by atoms with van der Waals surface area (Å²) in [5.74, 6) is -2.42. The van der Waals surface area contributed by atoms with Crippen LogP contribution in [-0.2, 0) is 20.9 Å². The lowest BCUT2D eigenvalue weighted by molar-refractivity contribution is -0.181. The summed E-state index contributed by atoms with van der Waals surface area (Å²) >= 11 is 0. The van der Waals surface area contributed by atoms with Crippen LogP contribution in [0, 0.1) is 11.6 Å². The van der Waals surface area contributed by atoms with Gasteiger partial charge in [-0.25, -0.2) is 13.6 Å². The Morgan fingerprint density at radius 1 is 1.00 bits per heavy atom. The second kappa shape index (κ2) is 12.7. The second-order valence-electron chi connectivity index (χ2n) is 10.3. The monoisotopic (exact) mass is 523 g/mol. The van der Waals surface area contributed by atoms with E-state index in [4.69, 9.17) is 4.74 Å². The molecule has 1 spiro atoms. The molecule has 208 valence electrons. The third-order valence-corrected chi connectivity index (χ3v) is 6.68. The first-order chi connectivity index (χ1) is 17.5. The van der Waals surface area contributed by atoms with E-state index in [0.717, 1.165) is 44.2 Å². The Morgan fingerprint density at radius 2 is 1.59 bits per heavy atom. The number of hydrogen-bond donors (Lipinski definition) is 0. The number of halogens is 2. The second-order valence-corrected chi connectivity index (χ2v) is 10.3. The minimum absolute atomic E-state index is 0.00747. The number of benzene rings is 1. The Kier molecular flexibility index (Phi) is 10.5. The van der Waals surface area contributed by atoms with Crippen LogP contribution in [-0.4, -0.2) is 69.4 Å². The number of nitrogens with zero attached hydrogens (tertiary/aromatic N) is 3. The first kappa shape index (κ1) is 30.5. The van der Waals surface area contributed by atoms with Gasteiger partial charge in [0.25, 0.3) is 5.91 Å². The van der Waals surface area contributed by atoms with E-state index in [-0.39, 0.29) is 44.0 Å². The summed E-state index contributed by atoms with van der Waals surface area (Å²) in [6, 6.07) is 3.46. The lowest BCUT2D eigenvalue weighted by atomic mass is 9.81. The highest BCUT2D eigenvalue weighted by atomic mass is 19.2. The Labute approximate surface area is 220 Å². The van der Waals surface area contributed by atoms with Gasteiger partial charge in [0, 0.05) is 12.6 Å². The van der Waals surface area contributed by atoms with E-state index in [1.54, 1.807) is 25.7 Å². The molecule has 1 saturated carbocycles. The maximum atomic E-state index is 13.8. The van der Waals surface area contributed by atoms with E-state index in [9.17, 15) is 23.2 Å². The summed E-state index contributed by atoms with van der Waals surface area (Å²) in [6.07, 6.45) is 4.31. The van der Waals surface area contributed by atoms with Gasteiger partial charge in [-0.2, -0.15) is 0 Å². The normalized spacial score (nSPS) is 19.4. The van der Waals surface area contributed by atoms with Gasteiger partial charge >= 0.3 is 6.09 Å². The van der Waals surface area contributed by atoms with Crippen molar-refractivity contribution in [1.82, 2.24) is 14.7 Å². The van der Waals surface area contributed by atoms with Crippen LogP contribution >= 0.6 is 0 Å². The summed E-state index contributed by atoms with van der Waals surface area (Å²) < 4.78 is 32.6. The quantitative estimate of drug-likeness (QED) is 0.524. The summed E-state index contributed by atoms with van der Waals surface area (Å²) in [4.78, 5) is 44.2. The third-order valence-electron chi connectivity index (χ3n) is 6.68. The van der Waals surface area contributed by atoms with Crippen molar-refractivity contribution in [2.75, 3.05) is 19.6 Å². The maximum Gasteiger partial charge on any atom is 0.410 e. The van der Waals surface area contributed by atoms with E-state index in [2.05, 4.69) is 0 Å². The average molecular weight is 524 g/mol. The van der Waals surface area contributed by atoms with Crippen molar-refractivity contribution in [2.24, 2.45) is 0 Å². The number of ether oxygens (including phenoxy) is 1.